The quantitative estimate of drug-likeness (QED) is 0.876. The van der Waals surface area contributed by atoms with Crippen molar-refractivity contribution in [3.05, 3.63) is 61.9 Å². The highest BCUT2D eigenvalue weighted by atomic mass is 35.5. The maximum atomic E-state index is 12.8. The van der Waals surface area contributed by atoms with Gasteiger partial charge in [0, 0.05) is 11.6 Å². The minimum atomic E-state index is -0.617. The molecule has 0 bridgehead atoms. The zero-order chi connectivity index (χ0) is 17.3. The lowest BCUT2D eigenvalue weighted by Crippen LogP contribution is -2.28. The Kier molecular flexibility index (Phi) is 4.57. The number of carbonyl (C=O) groups excluding carboxylic acids is 1. The fraction of sp³-hybridized carbons (Fsp3) is 0.235. The Balaban J connectivity index is 2.86. The SMILES string of the molecule is Cc1c(C(=O)c2ccccc2Cl)c(O)n(C(C)C)c(=O)c1C#N. The van der Waals surface area contributed by atoms with Gasteiger partial charge in [-0.05, 0) is 38.5 Å². The van der Waals surface area contributed by atoms with E-state index >= 15 is 0 Å². The van der Waals surface area contributed by atoms with Gasteiger partial charge >= 0.3 is 0 Å². The van der Waals surface area contributed by atoms with Crippen molar-refractivity contribution in [2.45, 2.75) is 26.8 Å². The highest BCUT2D eigenvalue weighted by Crippen LogP contribution is 2.29. The molecule has 0 spiro atoms. The van der Waals surface area contributed by atoms with Crippen LogP contribution in [0.25, 0.3) is 0 Å². The number of carbonyl (C=O) groups is 1. The number of aromatic hydroxyl groups is 1. The van der Waals surface area contributed by atoms with E-state index in [1.54, 1.807) is 32.0 Å². The smallest absolute Gasteiger partial charge is 0.271 e. The Morgan fingerprint density at radius 2 is 1.96 bits per heavy atom. The van der Waals surface area contributed by atoms with Gasteiger partial charge in [-0.25, -0.2) is 0 Å². The third kappa shape index (κ3) is 2.73. The Labute approximate surface area is 138 Å². The van der Waals surface area contributed by atoms with Crippen LogP contribution in [0.1, 0.15) is 46.9 Å². The molecule has 5 nitrogen and oxygen atoms in total. The van der Waals surface area contributed by atoms with Gasteiger partial charge in [0.05, 0.1) is 10.6 Å². The number of nitriles is 1. The van der Waals surface area contributed by atoms with E-state index in [-0.39, 0.29) is 27.3 Å². The second kappa shape index (κ2) is 6.27. The zero-order valence-corrected chi connectivity index (χ0v) is 13.7. The molecule has 2 aromatic rings. The summed E-state index contributed by atoms with van der Waals surface area (Å²) in [6.07, 6.45) is 0. The van der Waals surface area contributed by atoms with Crippen molar-refractivity contribution in [2.75, 3.05) is 0 Å². The average molecular weight is 331 g/mol. The largest absolute Gasteiger partial charge is 0.494 e. The van der Waals surface area contributed by atoms with Gasteiger partial charge in [0.15, 0.2) is 5.78 Å². The molecular weight excluding hydrogens is 316 g/mol. The molecule has 118 valence electrons. The third-order valence-electron chi connectivity index (χ3n) is 3.61. The highest BCUT2D eigenvalue weighted by Gasteiger charge is 2.26. The molecule has 0 unspecified atom stereocenters. The summed E-state index contributed by atoms with van der Waals surface area (Å²) in [5.74, 6) is -0.983. The number of halogens is 1. The van der Waals surface area contributed by atoms with Crippen LogP contribution in [-0.2, 0) is 0 Å². The van der Waals surface area contributed by atoms with E-state index in [1.807, 2.05) is 6.07 Å². The van der Waals surface area contributed by atoms with Gasteiger partial charge in [-0.3, -0.25) is 14.2 Å². The highest BCUT2D eigenvalue weighted by molar-refractivity contribution is 6.35. The summed E-state index contributed by atoms with van der Waals surface area (Å²) in [5.41, 5.74) is -0.509. The summed E-state index contributed by atoms with van der Waals surface area (Å²) in [4.78, 5) is 25.1. The fourth-order valence-electron chi connectivity index (χ4n) is 2.45. The predicted molar refractivity (Wildman–Crippen MR) is 87.1 cm³/mol. The summed E-state index contributed by atoms with van der Waals surface area (Å²) in [6, 6.07) is 7.83. The van der Waals surface area contributed by atoms with Gasteiger partial charge in [-0.2, -0.15) is 5.26 Å². The predicted octanol–water partition coefficient (Wildman–Crippen LogP) is 3.20. The van der Waals surface area contributed by atoms with E-state index in [9.17, 15) is 20.0 Å². The van der Waals surface area contributed by atoms with Crippen molar-refractivity contribution in [3.63, 3.8) is 0 Å². The maximum absolute atomic E-state index is 12.8. The molecule has 1 N–H and O–H groups in total. The van der Waals surface area contributed by atoms with Crippen molar-refractivity contribution in [2.24, 2.45) is 0 Å². The minimum Gasteiger partial charge on any atom is -0.494 e. The first kappa shape index (κ1) is 16.8. The number of benzene rings is 1. The van der Waals surface area contributed by atoms with Crippen LogP contribution in [0.5, 0.6) is 5.88 Å². The molecule has 1 aromatic carbocycles. The Hall–Kier alpha value is -2.58. The molecule has 0 aliphatic carbocycles. The molecule has 0 aliphatic rings. The van der Waals surface area contributed by atoms with E-state index in [0.717, 1.165) is 4.57 Å². The van der Waals surface area contributed by atoms with Gasteiger partial charge in [0.2, 0.25) is 5.88 Å². The lowest BCUT2D eigenvalue weighted by Gasteiger charge is -2.18. The molecule has 0 saturated heterocycles. The lowest BCUT2D eigenvalue weighted by atomic mass is 9.97. The average Bonchev–Trinajstić information content (AvgIpc) is 2.47. The van der Waals surface area contributed by atoms with Gasteiger partial charge in [-0.15, -0.1) is 0 Å². The first-order valence-electron chi connectivity index (χ1n) is 6.98. The molecule has 23 heavy (non-hydrogen) atoms. The molecule has 0 saturated carbocycles. The normalized spacial score (nSPS) is 10.6. The van der Waals surface area contributed by atoms with Crippen LogP contribution in [-0.4, -0.2) is 15.5 Å². The summed E-state index contributed by atoms with van der Waals surface area (Å²) in [6.45, 7) is 4.83. The number of pyridine rings is 1. The van der Waals surface area contributed by atoms with E-state index in [0.29, 0.717) is 0 Å². The molecule has 2 rings (SSSR count). The van der Waals surface area contributed by atoms with E-state index < -0.39 is 23.3 Å². The molecule has 1 heterocycles. The molecular formula is C17H15ClN2O3. The number of hydrogen-bond donors (Lipinski definition) is 1. The fourth-order valence-corrected chi connectivity index (χ4v) is 2.67. The molecule has 0 amide bonds. The Morgan fingerprint density at radius 1 is 1.35 bits per heavy atom. The minimum absolute atomic E-state index is 0.0806. The van der Waals surface area contributed by atoms with Crippen LogP contribution in [0.2, 0.25) is 5.02 Å². The van der Waals surface area contributed by atoms with Crippen LogP contribution >= 0.6 is 11.6 Å². The maximum Gasteiger partial charge on any atom is 0.271 e. The van der Waals surface area contributed by atoms with Crippen LogP contribution in [0.4, 0.5) is 0 Å². The van der Waals surface area contributed by atoms with Crippen LogP contribution in [0.3, 0.4) is 0 Å². The van der Waals surface area contributed by atoms with Crippen molar-refractivity contribution >= 4 is 17.4 Å². The van der Waals surface area contributed by atoms with E-state index in [1.165, 1.54) is 13.0 Å². The number of nitrogens with zero attached hydrogens (tertiary/aromatic N) is 2. The zero-order valence-electron chi connectivity index (χ0n) is 12.9. The van der Waals surface area contributed by atoms with Gasteiger partial charge in [0.1, 0.15) is 11.6 Å². The number of rotatable bonds is 3. The van der Waals surface area contributed by atoms with E-state index in [4.69, 9.17) is 11.6 Å². The van der Waals surface area contributed by atoms with Crippen molar-refractivity contribution < 1.29 is 9.90 Å². The number of aromatic nitrogens is 1. The summed E-state index contributed by atoms with van der Waals surface area (Å²) < 4.78 is 1.04. The van der Waals surface area contributed by atoms with Crippen LogP contribution < -0.4 is 5.56 Å². The second-order valence-corrected chi connectivity index (χ2v) is 5.80. The monoisotopic (exact) mass is 330 g/mol. The van der Waals surface area contributed by atoms with Crippen molar-refractivity contribution in [1.82, 2.24) is 4.57 Å². The van der Waals surface area contributed by atoms with Crippen molar-refractivity contribution in [3.8, 4) is 11.9 Å². The molecule has 0 atom stereocenters. The van der Waals surface area contributed by atoms with Crippen LogP contribution in [0.15, 0.2) is 29.1 Å². The van der Waals surface area contributed by atoms with Crippen LogP contribution in [0, 0.1) is 18.3 Å². The summed E-state index contributed by atoms with van der Waals surface area (Å²) in [7, 11) is 0. The lowest BCUT2D eigenvalue weighted by molar-refractivity contribution is 0.103. The number of ketones is 1. The Bertz CT molecular complexity index is 892. The summed E-state index contributed by atoms with van der Waals surface area (Å²) in [5, 5.41) is 19.9. The number of hydrogen-bond acceptors (Lipinski definition) is 4. The molecule has 1 aromatic heterocycles. The first-order valence-corrected chi connectivity index (χ1v) is 7.36. The molecule has 0 fully saturated rings. The third-order valence-corrected chi connectivity index (χ3v) is 3.94. The van der Waals surface area contributed by atoms with Gasteiger partial charge < -0.3 is 5.11 Å². The molecule has 0 aliphatic heterocycles. The van der Waals surface area contributed by atoms with Crippen molar-refractivity contribution in [1.29, 1.82) is 5.26 Å². The topological polar surface area (TPSA) is 83.1 Å². The summed E-state index contributed by atoms with van der Waals surface area (Å²) >= 11 is 6.04. The standard InChI is InChI=1S/C17H15ClN2O3/c1-9(2)20-16(22)12(8-19)10(3)14(17(20)23)15(21)11-6-4-5-7-13(11)18/h4-7,9,23H,1-3H3. The Morgan fingerprint density at radius 3 is 2.48 bits per heavy atom. The molecule has 0 radical (unpaired) electrons. The molecule has 6 heteroatoms. The van der Waals surface area contributed by atoms with E-state index in [2.05, 4.69) is 0 Å². The second-order valence-electron chi connectivity index (χ2n) is 5.39. The van der Waals surface area contributed by atoms with Gasteiger partial charge in [-0.1, -0.05) is 23.7 Å². The first-order chi connectivity index (χ1) is 10.8. The van der Waals surface area contributed by atoms with Gasteiger partial charge in [0.25, 0.3) is 5.56 Å².